The highest BCUT2D eigenvalue weighted by Crippen LogP contribution is 2.47. The fourth-order valence-electron chi connectivity index (χ4n) is 3.73. The average molecular weight is 280 g/mol. The van der Waals surface area contributed by atoms with Crippen LogP contribution in [0.15, 0.2) is 11.6 Å². The molecular weight excluding hydrogens is 252 g/mol. The van der Waals surface area contributed by atoms with Crippen LogP contribution in [-0.4, -0.2) is 11.5 Å². The molecule has 108 valence electrons. The molecule has 1 saturated carbocycles. The number of thiazole rings is 1. The van der Waals surface area contributed by atoms with E-state index in [1.165, 1.54) is 30.7 Å². The predicted octanol–water partition coefficient (Wildman–Crippen LogP) is 4.43. The third-order valence-corrected chi connectivity index (χ3v) is 5.53. The van der Waals surface area contributed by atoms with Gasteiger partial charge in [-0.1, -0.05) is 34.1 Å². The molecule has 1 aliphatic rings. The Morgan fingerprint density at radius 3 is 2.84 bits per heavy atom. The third-order valence-electron chi connectivity index (χ3n) is 4.58. The van der Waals surface area contributed by atoms with E-state index in [1.54, 1.807) is 0 Å². The Balaban J connectivity index is 2.36. The molecule has 3 atom stereocenters. The Morgan fingerprint density at radius 1 is 1.47 bits per heavy atom. The molecule has 0 aromatic carbocycles. The number of nitrogens with one attached hydrogen (secondary N) is 1. The zero-order valence-electron chi connectivity index (χ0n) is 12.8. The molecule has 0 saturated heterocycles. The minimum atomic E-state index is 0.121. The van der Waals surface area contributed by atoms with Crippen LogP contribution in [0, 0.1) is 17.8 Å². The second-order valence-corrected chi connectivity index (χ2v) is 7.37. The van der Waals surface area contributed by atoms with Gasteiger partial charge in [0.1, 0.15) is 5.01 Å². The van der Waals surface area contributed by atoms with Crippen LogP contribution in [0.3, 0.4) is 0 Å². The van der Waals surface area contributed by atoms with Gasteiger partial charge in [0.25, 0.3) is 0 Å². The summed E-state index contributed by atoms with van der Waals surface area (Å²) in [5, 5.41) is 7.33. The van der Waals surface area contributed by atoms with Crippen LogP contribution in [0.1, 0.15) is 58.4 Å². The quantitative estimate of drug-likeness (QED) is 0.863. The molecule has 0 radical (unpaired) electrons. The Morgan fingerprint density at radius 2 is 2.26 bits per heavy atom. The number of aromatic nitrogens is 1. The molecule has 0 aliphatic heterocycles. The number of rotatable bonds is 5. The van der Waals surface area contributed by atoms with Crippen molar-refractivity contribution in [3.05, 3.63) is 16.6 Å². The van der Waals surface area contributed by atoms with Gasteiger partial charge >= 0.3 is 0 Å². The molecule has 1 fully saturated rings. The van der Waals surface area contributed by atoms with Crippen molar-refractivity contribution in [2.45, 2.75) is 58.9 Å². The molecule has 2 rings (SSSR count). The van der Waals surface area contributed by atoms with E-state index in [1.807, 2.05) is 17.5 Å². The van der Waals surface area contributed by atoms with Crippen molar-refractivity contribution in [1.29, 1.82) is 0 Å². The Bertz CT molecular complexity index is 374. The summed E-state index contributed by atoms with van der Waals surface area (Å²) in [6.45, 7) is 10.5. The number of hydrogen-bond acceptors (Lipinski definition) is 3. The Hall–Kier alpha value is -0.410. The second-order valence-electron chi connectivity index (χ2n) is 6.47. The molecule has 0 bridgehead atoms. The zero-order valence-corrected chi connectivity index (χ0v) is 13.6. The summed E-state index contributed by atoms with van der Waals surface area (Å²) in [4.78, 5) is 4.69. The molecule has 1 aromatic rings. The van der Waals surface area contributed by atoms with Crippen LogP contribution in [0.5, 0.6) is 0 Å². The van der Waals surface area contributed by atoms with Crippen LogP contribution in [-0.2, 0) is 5.54 Å². The molecule has 3 heteroatoms. The normalized spacial score (nSPS) is 31.8. The lowest BCUT2D eigenvalue weighted by Gasteiger charge is -2.48. The van der Waals surface area contributed by atoms with Gasteiger partial charge < -0.3 is 5.32 Å². The van der Waals surface area contributed by atoms with Gasteiger partial charge in [0.2, 0.25) is 0 Å². The Labute approximate surface area is 122 Å². The molecule has 2 nitrogen and oxygen atoms in total. The summed E-state index contributed by atoms with van der Waals surface area (Å²) < 4.78 is 0. The van der Waals surface area contributed by atoms with Gasteiger partial charge in [-0.05, 0) is 43.6 Å². The van der Waals surface area contributed by atoms with Crippen molar-refractivity contribution >= 4 is 11.3 Å². The van der Waals surface area contributed by atoms with Gasteiger partial charge in [0, 0.05) is 11.6 Å². The largest absolute Gasteiger partial charge is 0.305 e. The van der Waals surface area contributed by atoms with E-state index in [0.717, 1.165) is 12.5 Å². The summed E-state index contributed by atoms with van der Waals surface area (Å²) in [6, 6.07) is 0. The topological polar surface area (TPSA) is 24.9 Å². The van der Waals surface area contributed by atoms with E-state index in [9.17, 15) is 0 Å². The first-order valence-corrected chi connectivity index (χ1v) is 8.63. The molecule has 0 amide bonds. The lowest BCUT2D eigenvalue weighted by molar-refractivity contribution is 0.0724. The fourth-order valence-corrected chi connectivity index (χ4v) is 4.62. The van der Waals surface area contributed by atoms with Crippen molar-refractivity contribution in [3.8, 4) is 0 Å². The van der Waals surface area contributed by atoms with Crippen LogP contribution in [0.2, 0.25) is 0 Å². The van der Waals surface area contributed by atoms with Gasteiger partial charge in [-0.25, -0.2) is 4.98 Å². The van der Waals surface area contributed by atoms with E-state index in [0.29, 0.717) is 11.8 Å². The molecule has 19 heavy (non-hydrogen) atoms. The smallest absolute Gasteiger partial charge is 0.113 e. The maximum Gasteiger partial charge on any atom is 0.113 e. The van der Waals surface area contributed by atoms with Gasteiger partial charge in [-0.2, -0.15) is 0 Å². The summed E-state index contributed by atoms with van der Waals surface area (Å²) >= 11 is 1.83. The fraction of sp³-hybridized carbons (Fsp3) is 0.812. The summed E-state index contributed by atoms with van der Waals surface area (Å²) in [7, 11) is 0. The first-order valence-electron chi connectivity index (χ1n) is 7.75. The van der Waals surface area contributed by atoms with Crippen molar-refractivity contribution in [2.75, 3.05) is 6.54 Å². The van der Waals surface area contributed by atoms with Gasteiger partial charge in [-0.3, -0.25) is 0 Å². The van der Waals surface area contributed by atoms with Crippen molar-refractivity contribution in [3.63, 3.8) is 0 Å². The van der Waals surface area contributed by atoms with Gasteiger partial charge in [-0.15, -0.1) is 11.3 Å². The van der Waals surface area contributed by atoms with Gasteiger partial charge in [0.05, 0.1) is 5.54 Å². The lowest BCUT2D eigenvalue weighted by Crippen LogP contribution is -2.53. The second kappa shape index (κ2) is 6.36. The summed E-state index contributed by atoms with van der Waals surface area (Å²) in [5.41, 5.74) is 0.121. The first kappa shape index (κ1) is 15.0. The molecule has 1 aliphatic carbocycles. The minimum absolute atomic E-state index is 0.121. The molecule has 1 aromatic heterocycles. The van der Waals surface area contributed by atoms with E-state index in [2.05, 4.69) is 43.4 Å². The van der Waals surface area contributed by atoms with E-state index < -0.39 is 0 Å². The lowest BCUT2D eigenvalue weighted by atomic mass is 9.65. The summed E-state index contributed by atoms with van der Waals surface area (Å²) in [5.74, 6) is 2.21. The third kappa shape index (κ3) is 3.03. The SMILES string of the molecule is CCCNC1(c2nccs2)CC(C)CCC1C(C)C. The predicted molar refractivity (Wildman–Crippen MR) is 83.4 cm³/mol. The van der Waals surface area contributed by atoms with Gasteiger partial charge in [0.15, 0.2) is 0 Å². The molecule has 3 unspecified atom stereocenters. The number of nitrogens with zero attached hydrogens (tertiary/aromatic N) is 1. The molecular formula is C16H28N2S. The van der Waals surface area contributed by atoms with Crippen LogP contribution in [0.4, 0.5) is 0 Å². The van der Waals surface area contributed by atoms with Crippen molar-refractivity contribution in [2.24, 2.45) is 17.8 Å². The van der Waals surface area contributed by atoms with Crippen LogP contribution in [0.25, 0.3) is 0 Å². The van der Waals surface area contributed by atoms with Crippen molar-refractivity contribution < 1.29 is 0 Å². The summed E-state index contributed by atoms with van der Waals surface area (Å²) in [6.07, 6.45) is 7.08. The number of hydrogen-bond donors (Lipinski definition) is 1. The van der Waals surface area contributed by atoms with Crippen molar-refractivity contribution in [1.82, 2.24) is 10.3 Å². The standard InChI is InChI=1S/C16H28N2S/c1-5-8-18-16(15-17-9-10-19-15)11-13(4)6-7-14(16)12(2)3/h9-10,12-14,18H,5-8,11H2,1-4H3. The van der Waals surface area contributed by atoms with Crippen LogP contribution >= 0.6 is 11.3 Å². The monoisotopic (exact) mass is 280 g/mol. The minimum Gasteiger partial charge on any atom is -0.305 e. The highest BCUT2D eigenvalue weighted by molar-refractivity contribution is 7.09. The molecule has 1 heterocycles. The van der Waals surface area contributed by atoms with E-state index in [-0.39, 0.29) is 5.54 Å². The van der Waals surface area contributed by atoms with Crippen LogP contribution < -0.4 is 5.32 Å². The van der Waals surface area contributed by atoms with E-state index >= 15 is 0 Å². The maximum atomic E-state index is 4.69. The highest BCUT2D eigenvalue weighted by Gasteiger charge is 2.46. The van der Waals surface area contributed by atoms with E-state index in [4.69, 9.17) is 0 Å². The first-order chi connectivity index (χ1) is 9.10. The maximum absolute atomic E-state index is 4.69. The molecule has 1 N–H and O–H groups in total. The Kier molecular flexibility index (Phi) is 5.02. The zero-order chi connectivity index (χ0) is 13.9. The highest BCUT2D eigenvalue weighted by atomic mass is 32.1. The average Bonchev–Trinajstić information content (AvgIpc) is 2.90. The molecule has 0 spiro atoms.